The van der Waals surface area contributed by atoms with Crippen LogP contribution >= 0.6 is 0 Å². The lowest BCUT2D eigenvalue weighted by Crippen LogP contribution is -2.07. The summed E-state index contributed by atoms with van der Waals surface area (Å²) in [5, 5.41) is 7.86. The lowest BCUT2D eigenvalue weighted by Gasteiger charge is -1.99. The Bertz CT molecular complexity index is 200. The van der Waals surface area contributed by atoms with E-state index in [9.17, 15) is 9.59 Å². The molecule has 82 valence electrons. The second-order valence-electron chi connectivity index (χ2n) is 2.92. The van der Waals surface area contributed by atoms with Gasteiger partial charge in [-0.25, -0.2) is 9.59 Å². The molecule has 1 aliphatic rings. The maximum absolute atomic E-state index is 10.0. The molecule has 1 saturated heterocycles. The van der Waals surface area contributed by atoms with E-state index in [-0.39, 0.29) is 12.2 Å². The van der Waals surface area contributed by atoms with Gasteiger partial charge in [0.15, 0.2) is 0 Å². The molecule has 1 aliphatic heterocycles. The summed E-state index contributed by atoms with van der Waals surface area (Å²) in [5.74, 6) is 0. The number of hydrogen-bond donors (Lipinski definition) is 1. The third-order valence-corrected chi connectivity index (χ3v) is 1.07. The highest BCUT2D eigenvalue weighted by atomic mass is 16.8. The molecule has 1 rings (SSSR count). The molecule has 0 saturated carbocycles. The zero-order valence-electron chi connectivity index (χ0n) is 8.35. The number of carboxylic acid groups (broad SMARTS) is 1. The summed E-state index contributed by atoms with van der Waals surface area (Å²) in [6.07, 6.45) is -2.03. The van der Waals surface area contributed by atoms with Crippen LogP contribution in [-0.4, -0.2) is 36.2 Å². The van der Waals surface area contributed by atoms with E-state index in [2.05, 4.69) is 14.2 Å². The fourth-order valence-electron chi connectivity index (χ4n) is 0.619. The number of ether oxygens (including phenoxy) is 3. The van der Waals surface area contributed by atoms with Gasteiger partial charge in [0.2, 0.25) is 0 Å². The molecule has 1 atom stereocenters. The zero-order chi connectivity index (χ0) is 11.1. The van der Waals surface area contributed by atoms with E-state index in [1.807, 2.05) is 0 Å². The van der Waals surface area contributed by atoms with Crippen molar-refractivity contribution in [3.05, 3.63) is 0 Å². The van der Waals surface area contributed by atoms with Crippen LogP contribution in [0.25, 0.3) is 0 Å². The second kappa shape index (κ2) is 6.06. The lowest BCUT2D eigenvalue weighted by atomic mass is 10.5. The van der Waals surface area contributed by atoms with Gasteiger partial charge in [-0.15, -0.1) is 0 Å². The predicted molar refractivity (Wildman–Crippen MR) is 46.1 cm³/mol. The Morgan fingerprint density at radius 2 is 2.21 bits per heavy atom. The van der Waals surface area contributed by atoms with Crippen molar-refractivity contribution in [1.29, 1.82) is 0 Å². The molecule has 0 amide bonds. The molecular formula is C8H14O6. The minimum atomic E-state index is -1.21. The standard InChI is InChI=1S/C4H6O3.C4H8O3/c1-3-2-6-4(5)7-3;1-3(2)7-4(5)6/h3H,2H2,1H3;3H,1-2H3,(H,5,6). The minimum absolute atomic E-state index is 0.0486. The van der Waals surface area contributed by atoms with Gasteiger partial charge in [0.05, 0.1) is 6.10 Å². The fourth-order valence-corrected chi connectivity index (χ4v) is 0.619. The third-order valence-electron chi connectivity index (χ3n) is 1.07. The normalized spacial score (nSPS) is 19.1. The molecule has 1 N–H and O–H groups in total. The Morgan fingerprint density at radius 3 is 2.29 bits per heavy atom. The maximum Gasteiger partial charge on any atom is 0.508 e. The van der Waals surface area contributed by atoms with Crippen LogP contribution in [0.15, 0.2) is 0 Å². The third kappa shape index (κ3) is 7.20. The Kier molecular flexibility index (Phi) is 5.43. The van der Waals surface area contributed by atoms with E-state index >= 15 is 0 Å². The SMILES string of the molecule is CC(C)OC(=O)O.CC1COC(=O)O1. The number of rotatable bonds is 1. The van der Waals surface area contributed by atoms with Gasteiger partial charge in [0, 0.05) is 0 Å². The second-order valence-corrected chi connectivity index (χ2v) is 2.92. The molecule has 0 aliphatic carbocycles. The summed E-state index contributed by atoms with van der Waals surface area (Å²) in [6.45, 7) is 5.51. The topological polar surface area (TPSA) is 82.1 Å². The number of cyclic esters (lactones) is 2. The molecule has 0 bridgehead atoms. The molecule has 6 heteroatoms. The van der Waals surface area contributed by atoms with E-state index in [1.165, 1.54) is 0 Å². The minimum Gasteiger partial charge on any atom is -0.450 e. The number of carbonyl (C=O) groups excluding carboxylic acids is 1. The predicted octanol–water partition coefficient (Wildman–Crippen LogP) is 1.63. The average molecular weight is 206 g/mol. The molecule has 14 heavy (non-hydrogen) atoms. The molecular weight excluding hydrogens is 192 g/mol. The van der Waals surface area contributed by atoms with Crippen molar-refractivity contribution >= 4 is 12.3 Å². The highest BCUT2D eigenvalue weighted by molar-refractivity contribution is 5.61. The Balaban J connectivity index is 0.000000241. The monoisotopic (exact) mass is 206 g/mol. The number of carbonyl (C=O) groups is 2. The highest BCUT2D eigenvalue weighted by Crippen LogP contribution is 2.02. The van der Waals surface area contributed by atoms with Crippen molar-refractivity contribution in [2.75, 3.05) is 6.61 Å². The van der Waals surface area contributed by atoms with Crippen LogP contribution in [0, 0.1) is 0 Å². The molecule has 0 aromatic heterocycles. The van der Waals surface area contributed by atoms with Crippen LogP contribution < -0.4 is 0 Å². The quantitative estimate of drug-likeness (QED) is 0.656. The van der Waals surface area contributed by atoms with E-state index in [0.717, 1.165) is 0 Å². The van der Waals surface area contributed by atoms with E-state index in [4.69, 9.17) is 5.11 Å². The van der Waals surface area contributed by atoms with Crippen molar-refractivity contribution in [3.8, 4) is 0 Å². The van der Waals surface area contributed by atoms with Crippen LogP contribution in [0.4, 0.5) is 9.59 Å². The molecule has 1 fully saturated rings. The molecule has 0 radical (unpaired) electrons. The van der Waals surface area contributed by atoms with Gasteiger partial charge in [-0.1, -0.05) is 0 Å². The zero-order valence-corrected chi connectivity index (χ0v) is 8.35. The van der Waals surface area contributed by atoms with Crippen LogP contribution in [-0.2, 0) is 14.2 Å². The summed E-state index contributed by atoms with van der Waals surface area (Å²) < 4.78 is 13.1. The number of hydrogen-bond acceptors (Lipinski definition) is 5. The molecule has 1 unspecified atom stereocenters. The largest absolute Gasteiger partial charge is 0.508 e. The van der Waals surface area contributed by atoms with Crippen molar-refractivity contribution in [2.45, 2.75) is 33.0 Å². The van der Waals surface area contributed by atoms with Gasteiger partial charge < -0.3 is 19.3 Å². The van der Waals surface area contributed by atoms with Gasteiger partial charge in [-0.05, 0) is 20.8 Å². The average Bonchev–Trinajstić information content (AvgIpc) is 2.32. The van der Waals surface area contributed by atoms with Gasteiger partial charge >= 0.3 is 12.3 Å². The highest BCUT2D eigenvalue weighted by Gasteiger charge is 2.19. The fraction of sp³-hybridized carbons (Fsp3) is 0.750. The van der Waals surface area contributed by atoms with Crippen molar-refractivity contribution in [1.82, 2.24) is 0 Å². The molecule has 6 nitrogen and oxygen atoms in total. The van der Waals surface area contributed by atoms with Crippen LogP contribution in [0.1, 0.15) is 20.8 Å². The van der Waals surface area contributed by atoms with Crippen molar-refractivity contribution in [3.63, 3.8) is 0 Å². The van der Waals surface area contributed by atoms with Crippen LogP contribution in [0.3, 0.4) is 0 Å². The molecule has 1 heterocycles. The summed E-state index contributed by atoms with van der Waals surface area (Å²) >= 11 is 0. The first-order valence-electron chi connectivity index (χ1n) is 4.14. The van der Waals surface area contributed by atoms with Gasteiger partial charge in [0.25, 0.3) is 0 Å². The Labute approximate surface area is 81.8 Å². The van der Waals surface area contributed by atoms with E-state index in [1.54, 1.807) is 20.8 Å². The first-order valence-corrected chi connectivity index (χ1v) is 4.14. The smallest absolute Gasteiger partial charge is 0.450 e. The van der Waals surface area contributed by atoms with Crippen molar-refractivity contribution < 1.29 is 28.9 Å². The van der Waals surface area contributed by atoms with Gasteiger partial charge in [0.1, 0.15) is 12.7 Å². The van der Waals surface area contributed by atoms with E-state index < -0.39 is 12.3 Å². The molecule has 0 spiro atoms. The summed E-state index contributed by atoms with van der Waals surface area (Å²) in [4.78, 5) is 19.6. The Hall–Kier alpha value is -1.46. The van der Waals surface area contributed by atoms with E-state index in [0.29, 0.717) is 6.61 Å². The van der Waals surface area contributed by atoms with Crippen LogP contribution in [0.5, 0.6) is 0 Å². The van der Waals surface area contributed by atoms with Gasteiger partial charge in [-0.3, -0.25) is 0 Å². The summed E-state index contributed by atoms with van der Waals surface area (Å²) in [5.41, 5.74) is 0. The maximum atomic E-state index is 10.0. The first-order chi connectivity index (χ1) is 6.41. The van der Waals surface area contributed by atoms with Gasteiger partial charge in [-0.2, -0.15) is 0 Å². The summed E-state index contributed by atoms with van der Waals surface area (Å²) in [6, 6.07) is 0. The summed E-state index contributed by atoms with van der Waals surface area (Å²) in [7, 11) is 0. The van der Waals surface area contributed by atoms with Crippen LogP contribution in [0.2, 0.25) is 0 Å². The molecule has 0 aromatic carbocycles. The van der Waals surface area contributed by atoms with Crippen molar-refractivity contribution in [2.24, 2.45) is 0 Å². The Morgan fingerprint density at radius 1 is 1.64 bits per heavy atom. The lowest BCUT2D eigenvalue weighted by molar-refractivity contribution is 0.0659. The molecule has 0 aromatic rings. The first kappa shape index (κ1) is 12.5.